The van der Waals surface area contributed by atoms with Crippen molar-refractivity contribution in [1.29, 1.82) is 0 Å². The SMILES string of the molecule is CCOC(=O)Oc1ccc(C)c(C)c1C. The van der Waals surface area contributed by atoms with Crippen LogP contribution >= 0.6 is 0 Å². The Balaban J connectivity index is 2.87. The van der Waals surface area contributed by atoms with Gasteiger partial charge >= 0.3 is 6.16 Å². The molecular formula is C12H16O3. The van der Waals surface area contributed by atoms with E-state index in [1.54, 1.807) is 13.0 Å². The fourth-order valence-corrected chi connectivity index (χ4v) is 1.28. The summed E-state index contributed by atoms with van der Waals surface area (Å²) >= 11 is 0. The van der Waals surface area contributed by atoms with E-state index < -0.39 is 6.16 Å². The normalized spacial score (nSPS) is 9.87. The van der Waals surface area contributed by atoms with E-state index in [4.69, 9.17) is 9.47 Å². The summed E-state index contributed by atoms with van der Waals surface area (Å²) in [6.45, 7) is 8.02. The van der Waals surface area contributed by atoms with E-state index in [0.29, 0.717) is 12.4 Å². The Morgan fingerprint density at radius 1 is 1.20 bits per heavy atom. The summed E-state index contributed by atoms with van der Waals surface area (Å²) in [5, 5.41) is 0. The molecule has 1 aromatic rings. The number of hydrogen-bond acceptors (Lipinski definition) is 3. The van der Waals surface area contributed by atoms with Gasteiger partial charge in [0.1, 0.15) is 5.75 Å². The fraction of sp³-hybridized carbons (Fsp3) is 0.417. The van der Waals surface area contributed by atoms with Crippen LogP contribution in [0.1, 0.15) is 23.6 Å². The number of aryl methyl sites for hydroxylation is 1. The molecule has 0 radical (unpaired) electrons. The first-order valence-electron chi connectivity index (χ1n) is 4.97. The van der Waals surface area contributed by atoms with Crippen LogP contribution in [0, 0.1) is 20.8 Å². The van der Waals surface area contributed by atoms with Crippen molar-refractivity contribution >= 4 is 6.16 Å². The Hall–Kier alpha value is -1.51. The van der Waals surface area contributed by atoms with Crippen molar-refractivity contribution < 1.29 is 14.3 Å². The van der Waals surface area contributed by atoms with Crippen molar-refractivity contribution in [3.8, 4) is 5.75 Å². The molecule has 0 aliphatic carbocycles. The third-order valence-corrected chi connectivity index (χ3v) is 2.46. The zero-order valence-electron chi connectivity index (χ0n) is 9.59. The molecule has 0 heterocycles. The minimum atomic E-state index is -0.649. The molecule has 1 aromatic carbocycles. The van der Waals surface area contributed by atoms with Crippen LogP contribution in [-0.2, 0) is 4.74 Å². The van der Waals surface area contributed by atoms with Gasteiger partial charge in [-0.3, -0.25) is 0 Å². The van der Waals surface area contributed by atoms with E-state index in [1.165, 1.54) is 5.56 Å². The van der Waals surface area contributed by atoms with Gasteiger partial charge in [-0.15, -0.1) is 0 Å². The highest BCUT2D eigenvalue weighted by molar-refractivity contribution is 5.65. The second kappa shape index (κ2) is 4.82. The Labute approximate surface area is 90.0 Å². The van der Waals surface area contributed by atoms with Gasteiger partial charge in [0.05, 0.1) is 6.61 Å². The molecule has 0 bridgehead atoms. The zero-order chi connectivity index (χ0) is 11.4. The third-order valence-electron chi connectivity index (χ3n) is 2.46. The van der Waals surface area contributed by atoms with Gasteiger partial charge in [0.2, 0.25) is 0 Å². The van der Waals surface area contributed by atoms with Gasteiger partial charge < -0.3 is 9.47 Å². The number of hydrogen-bond donors (Lipinski definition) is 0. The zero-order valence-corrected chi connectivity index (χ0v) is 9.59. The van der Waals surface area contributed by atoms with Crippen molar-refractivity contribution in [1.82, 2.24) is 0 Å². The second-order valence-corrected chi connectivity index (χ2v) is 3.42. The molecule has 1 rings (SSSR count). The van der Waals surface area contributed by atoms with Crippen LogP contribution in [0.3, 0.4) is 0 Å². The van der Waals surface area contributed by atoms with Crippen molar-refractivity contribution in [3.05, 3.63) is 28.8 Å². The van der Waals surface area contributed by atoms with E-state index in [-0.39, 0.29) is 0 Å². The molecule has 0 aromatic heterocycles. The molecule has 0 fully saturated rings. The van der Waals surface area contributed by atoms with Gasteiger partial charge in [-0.2, -0.15) is 0 Å². The molecule has 3 nitrogen and oxygen atoms in total. The van der Waals surface area contributed by atoms with Crippen molar-refractivity contribution in [2.45, 2.75) is 27.7 Å². The largest absolute Gasteiger partial charge is 0.513 e. The van der Waals surface area contributed by atoms with Crippen LogP contribution in [0.2, 0.25) is 0 Å². The van der Waals surface area contributed by atoms with E-state index in [9.17, 15) is 4.79 Å². The van der Waals surface area contributed by atoms with Crippen LogP contribution in [0.4, 0.5) is 4.79 Å². The number of rotatable bonds is 2. The average Bonchev–Trinajstić information content (AvgIpc) is 2.20. The van der Waals surface area contributed by atoms with Crippen LogP contribution in [0.15, 0.2) is 12.1 Å². The fourth-order valence-electron chi connectivity index (χ4n) is 1.28. The molecule has 0 saturated carbocycles. The molecule has 3 heteroatoms. The van der Waals surface area contributed by atoms with E-state index >= 15 is 0 Å². The van der Waals surface area contributed by atoms with Gasteiger partial charge in [0, 0.05) is 0 Å². The van der Waals surface area contributed by atoms with Crippen molar-refractivity contribution in [3.63, 3.8) is 0 Å². The van der Waals surface area contributed by atoms with Gasteiger partial charge in [-0.05, 0) is 50.5 Å². The lowest BCUT2D eigenvalue weighted by molar-refractivity contribution is 0.104. The summed E-state index contributed by atoms with van der Waals surface area (Å²) in [6, 6.07) is 3.71. The lowest BCUT2D eigenvalue weighted by Crippen LogP contribution is -2.11. The number of carbonyl (C=O) groups is 1. The van der Waals surface area contributed by atoms with Gasteiger partial charge in [0.25, 0.3) is 0 Å². The maximum absolute atomic E-state index is 11.1. The van der Waals surface area contributed by atoms with Crippen LogP contribution in [0.5, 0.6) is 5.75 Å². The Morgan fingerprint density at radius 3 is 2.47 bits per heavy atom. The van der Waals surface area contributed by atoms with Gasteiger partial charge in [-0.1, -0.05) is 6.07 Å². The van der Waals surface area contributed by atoms with Crippen LogP contribution < -0.4 is 4.74 Å². The minimum Gasteiger partial charge on any atom is -0.434 e. The Kier molecular flexibility index (Phi) is 3.72. The molecule has 15 heavy (non-hydrogen) atoms. The summed E-state index contributed by atoms with van der Waals surface area (Å²) < 4.78 is 9.77. The Bertz CT molecular complexity index is 369. The quantitative estimate of drug-likeness (QED) is 0.553. The summed E-state index contributed by atoms with van der Waals surface area (Å²) in [4.78, 5) is 11.1. The number of carbonyl (C=O) groups excluding carboxylic acids is 1. The molecule has 0 aliphatic heterocycles. The molecule has 0 spiro atoms. The molecule has 0 amide bonds. The maximum Gasteiger partial charge on any atom is 0.513 e. The molecule has 0 unspecified atom stereocenters. The molecule has 82 valence electrons. The summed E-state index contributed by atoms with van der Waals surface area (Å²) in [6.07, 6.45) is -0.649. The third kappa shape index (κ3) is 2.72. The molecule has 0 aliphatic rings. The van der Waals surface area contributed by atoms with Crippen LogP contribution in [-0.4, -0.2) is 12.8 Å². The first-order valence-corrected chi connectivity index (χ1v) is 4.97. The predicted molar refractivity (Wildman–Crippen MR) is 58.3 cm³/mol. The maximum atomic E-state index is 11.1. The molecule has 0 saturated heterocycles. The molecule has 0 N–H and O–H groups in total. The molecule has 0 atom stereocenters. The highest BCUT2D eigenvalue weighted by Crippen LogP contribution is 2.23. The molecular weight excluding hydrogens is 192 g/mol. The smallest absolute Gasteiger partial charge is 0.434 e. The van der Waals surface area contributed by atoms with E-state index in [0.717, 1.165) is 11.1 Å². The van der Waals surface area contributed by atoms with E-state index in [1.807, 2.05) is 26.8 Å². The highest BCUT2D eigenvalue weighted by Gasteiger charge is 2.09. The van der Waals surface area contributed by atoms with Crippen molar-refractivity contribution in [2.75, 3.05) is 6.61 Å². The average molecular weight is 208 g/mol. The first-order chi connectivity index (χ1) is 7.06. The first kappa shape index (κ1) is 11.6. The lowest BCUT2D eigenvalue weighted by Gasteiger charge is -2.10. The highest BCUT2D eigenvalue weighted by atomic mass is 16.7. The van der Waals surface area contributed by atoms with E-state index in [2.05, 4.69) is 0 Å². The number of ether oxygens (including phenoxy) is 2. The lowest BCUT2D eigenvalue weighted by atomic mass is 10.0. The Morgan fingerprint density at radius 2 is 1.87 bits per heavy atom. The topological polar surface area (TPSA) is 35.5 Å². The monoisotopic (exact) mass is 208 g/mol. The number of benzene rings is 1. The summed E-state index contributed by atoms with van der Waals surface area (Å²) in [5.74, 6) is 0.566. The second-order valence-electron chi connectivity index (χ2n) is 3.42. The van der Waals surface area contributed by atoms with Gasteiger partial charge in [0.15, 0.2) is 0 Å². The predicted octanol–water partition coefficient (Wildman–Crippen LogP) is 3.15. The van der Waals surface area contributed by atoms with Crippen LogP contribution in [0.25, 0.3) is 0 Å². The van der Waals surface area contributed by atoms with Crippen molar-refractivity contribution in [2.24, 2.45) is 0 Å². The van der Waals surface area contributed by atoms with Gasteiger partial charge in [-0.25, -0.2) is 4.79 Å². The minimum absolute atomic E-state index is 0.322. The standard InChI is InChI=1S/C12H16O3/c1-5-14-12(13)15-11-7-6-8(2)9(3)10(11)4/h6-7H,5H2,1-4H3. The summed E-state index contributed by atoms with van der Waals surface area (Å²) in [7, 11) is 0. The summed E-state index contributed by atoms with van der Waals surface area (Å²) in [5.41, 5.74) is 3.29.